The number of piperazine rings is 1. The van der Waals surface area contributed by atoms with Crippen molar-refractivity contribution in [3.63, 3.8) is 0 Å². The van der Waals surface area contributed by atoms with Gasteiger partial charge in [0.05, 0.1) is 24.0 Å². The van der Waals surface area contributed by atoms with Crippen molar-refractivity contribution in [2.45, 2.75) is 38.3 Å². The molecule has 0 N–H and O–H groups in total. The number of nitriles is 1. The molecule has 30 heavy (non-hydrogen) atoms. The van der Waals surface area contributed by atoms with Crippen molar-refractivity contribution in [3.8, 4) is 11.8 Å². The smallest absolute Gasteiger partial charge is 0.236 e. The van der Waals surface area contributed by atoms with Crippen LogP contribution in [0.1, 0.15) is 36.0 Å². The standard InChI is InChI=1S/C23H28N6O/c24-13-18-14-25-29(15-18)22-5-4-20-16-26(7-6-19(20)12-22)17-23(30)28-10-8-27(9-11-28)21-2-1-3-21/h4-5,12,14-15,21H,1-3,6-11,16-17H2. The van der Waals surface area contributed by atoms with Gasteiger partial charge in [-0.2, -0.15) is 10.4 Å². The summed E-state index contributed by atoms with van der Waals surface area (Å²) in [5.41, 5.74) is 4.12. The summed E-state index contributed by atoms with van der Waals surface area (Å²) in [7, 11) is 0. The number of carbonyl (C=O) groups excluding carboxylic acids is 1. The number of benzene rings is 1. The van der Waals surface area contributed by atoms with Gasteiger partial charge in [0.2, 0.25) is 5.91 Å². The lowest BCUT2D eigenvalue weighted by molar-refractivity contribution is -0.135. The van der Waals surface area contributed by atoms with Crippen LogP contribution in [0.4, 0.5) is 0 Å². The molecule has 0 radical (unpaired) electrons. The monoisotopic (exact) mass is 404 g/mol. The number of fused-ring (bicyclic) bond motifs is 1. The van der Waals surface area contributed by atoms with E-state index in [1.807, 2.05) is 6.07 Å². The zero-order valence-corrected chi connectivity index (χ0v) is 17.3. The van der Waals surface area contributed by atoms with Gasteiger partial charge in [-0.25, -0.2) is 4.68 Å². The van der Waals surface area contributed by atoms with Crippen LogP contribution in [0, 0.1) is 11.3 Å². The van der Waals surface area contributed by atoms with Crippen LogP contribution in [-0.4, -0.2) is 75.7 Å². The molecule has 0 spiro atoms. The molecule has 0 bridgehead atoms. The van der Waals surface area contributed by atoms with Crippen LogP contribution in [0.5, 0.6) is 0 Å². The van der Waals surface area contributed by atoms with Crippen LogP contribution in [0.3, 0.4) is 0 Å². The first-order chi connectivity index (χ1) is 14.7. The summed E-state index contributed by atoms with van der Waals surface area (Å²) in [4.78, 5) is 19.7. The van der Waals surface area contributed by atoms with E-state index in [0.717, 1.165) is 57.4 Å². The van der Waals surface area contributed by atoms with Crippen LogP contribution < -0.4 is 0 Å². The first-order valence-corrected chi connectivity index (χ1v) is 11.0. The number of aromatic nitrogens is 2. The van der Waals surface area contributed by atoms with Gasteiger partial charge >= 0.3 is 0 Å². The van der Waals surface area contributed by atoms with Gasteiger partial charge in [0.1, 0.15) is 6.07 Å². The summed E-state index contributed by atoms with van der Waals surface area (Å²) in [5, 5.41) is 13.3. The molecular weight excluding hydrogens is 376 g/mol. The maximum Gasteiger partial charge on any atom is 0.236 e. The summed E-state index contributed by atoms with van der Waals surface area (Å²) in [6.45, 7) is 6.02. The third-order valence-electron chi connectivity index (χ3n) is 6.87. The van der Waals surface area contributed by atoms with E-state index >= 15 is 0 Å². The molecule has 1 aliphatic carbocycles. The summed E-state index contributed by atoms with van der Waals surface area (Å²) in [5.74, 6) is 0.268. The van der Waals surface area contributed by atoms with Gasteiger partial charge in [-0.1, -0.05) is 12.5 Å². The molecule has 3 heterocycles. The van der Waals surface area contributed by atoms with Crippen molar-refractivity contribution in [1.82, 2.24) is 24.5 Å². The fourth-order valence-electron chi connectivity index (χ4n) is 4.78. The molecule has 156 valence electrons. The zero-order chi connectivity index (χ0) is 20.5. The second-order valence-electron chi connectivity index (χ2n) is 8.70. The predicted molar refractivity (Wildman–Crippen MR) is 113 cm³/mol. The maximum atomic E-state index is 12.8. The van der Waals surface area contributed by atoms with Gasteiger partial charge in [0.25, 0.3) is 0 Å². The quantitative estimate of drug-likeness (QED) is 0.777. The molecule has 2 aromatic rings. The van der Waals surface area contributed by atoms with Crippen LogP contribution in [0.25, 0.3) is 5.69 Å². The van der Waals surface area contributed by atoms with Crippen molar-refractivity contribution in [3.05, 3.63) is 47.3 Å². The Morgan fingerprint density at radius 2 is 1.97 bits per heavy atom. The SMILES string of the molecule is N#Cc1cnn(-c2ccc3c(c2)CCN(CC(=O)N2CCN(C4CCC4)CC2)C3)c1. The molecule has 2 aliphatic heterocycles. The van der Waals surface area contributed by atoms with Gasteiger partial charge < -0.3 is 4.90 Å². The van der Waals surface area contributed by atoms with E-state index in [9.17, 15) is 4.79 Å². The lowest BCUT2D eigenvalue weighted by Gasteiger charge is -2.43. The first-order valence-electron chi connectivity index (χ1n) is 11.0. The Hall–Kier alpha value is -2.69. The Morgan fingerprint density at radius 3 is 2.67 bits per heavy atom. The number of amides is 1. The average Bonchev–Trinajstić information content (AvgIpc) is 3.22. The summed E-state index contributed by atoms with van der Waals surface area (Å²) in [6.07, 6.45) is 8.30. The number of nitrogens with zero attached hydrogens (tertiary/aromatic N) is 6. The Labute approximate surface area is 177 Å². The molecule has 1 saturated carbocycles. The van der Waals surface area contributed by atoms with E-state index in [1.165, 1.54) is 30.4 Å². The van der Waals surface area contributed by atoms with Crippen molar-refractivity contribution in [1.29, 1.82) is 5.26 Å². The molecular formula is C23H28N6O. The highest BCUT2D eigenvalue weighted by molar-refractivity contribution is 5.78. The molecule has 7 nitrogen and oxygen atoms in total. The third-order valence-corrected chi connectivity index (χ3v) is 6.87. The van der Waals surface area contributed by atoms with E-state index in [0.29, 0.717) is 12.1 Å². The minimum atomic E-state index is 0.268. The predicted octanol–water partition coefficient (Wildman–Crippen LogP) is 1.80. The lowest BCUT2D eigenvalue weighted by atomic mass is 9.91. The average molecular weight is 405 g/mol. The lowest BCUT2D eigenvalue weighted by Crippen LogP contribution is -2.55. The highest BCUT2D eigenvalue weighted by atomic mass is 16.2. The Morgan fingerprint density at radius 1 is 1.13 bits per heavy atom. The van der Waals surface area contributed by atoms with Crippen LogP contribution >= 0.6 is 0 Å². The van der Waals surface area contributed by atoms with E-state index < -0.39 is 0 Å². The molecule has 0 unspecified atom stereocenters. The Kier molecular flexibility index (Phi) is 5.28. The molecule has 7 heteroatoms. The number of hydrogen-bond acceptors (Lipinski definition) is 5. The highest BCUT2D eigenvalue weighted by Crippen LogP contribution is 2.26. The van der Waals surface area contributed by atoms with E-state index in [-0.39, 0.29) is 5.91 Å². The summed E-state index contributed by atoms with van der Waals surface area (Å²) in [6, 6.07) is 9.22. The largest absolute Gasteiger partial charge is 0.339 e. The first kappa shape index (κ1) is 19.3. The van der Waals surface area contributed by atoms with Crippen molar-refractivity contribution < 1.29 is 4.79 Å². The fourth-order valence-corrected chi connectivity index (χ4v) is 4.78. The number of hydrogen-bond donors (Lipinski definition) is 0. The molecule has 1 amide bonds. The molecule has 1 saturated heterocycles. The summed E-state index contributed by atoms with van der Waals surface area (Å²) >= 11 is 0. The van der Waals surface area contributed by atoms with E-state index in [1.54, 1.807) is 17.1 Å². The molecule has 1 aromatic carbocycles. The van der Waals surface area contributed by atoms with Crippen LogP contribution in [-0.2, 0) is 17.8 Å². The molecule has 0 atom stereocenters. The Balaban J connectivity index is 1.17. The number of rotatable bonds is 4. The van der Waals surface area contributed by atoms with Crippen LogP contribution in [0.2, 0.25) is 0 Å². The van der Waals surface area contributed by atoms with Gasteiger partial charge in [0.15, 0.2) is 0 Å². The molecule has 5 rings (SSSR count). The van der Waals surface area contributed by atoms with E-state index in [4.69, 9.17) is 5.26 Å². The molecule has 1 aromatic heterocycles. The fraction of sp³-hybridized carbons (Fsp3) is 0.522. The van der Waals surface area contributed by atoms with Gasteiger partial charge in [-0.15, -0.1) is 0 Å². The topological polar surface area (TPSA) is 68.4 Å². The second kappa shape index (κ2) is 8.21. The molecule has 2 fully saturated rings. The van der Waals surface area contributed by atoms with Crippen molar-refractivity contribution in [2.75, 3.05) is 39.3 Å². The van der Waals surface area contributed by atoms with Gasteiger partial charge in [0, 0.05) is 51.5 Å². The number of carbonyl (C=O) groups is 1. The normalized spacial score (nSPS) is 20.4. The summed E-state index contributed by atoms with van der Waals surface area (Å²) < 4.78 is 1.75. The minimum Gasteiger partial charge on any atom is -0.339 e. The second-order valence-corrected chi connectivity index (χ2v) is 8.70. The van der Waals surface area contributed by atoms with Gasteiger partial charge in [-0.05, 0) is 42.5 Å². The van der Waals surface area contributed by atoms with Crippen molar-refractivity contribution in [2.24, 2.45) is 0 Å². The van der Waals surface area contributed by atoms with Gasteiger partial charge in [-0.3, -0.25) is 14.6 Å². The Bertz CT molecular complexity index is 964. The molecule has 3 aliphatic rings. The van der Waals surface area contributed by atoms with Crippen LogP contribution in [0.15, 0.2) is 30.6 Å². The maximum absolute atomic E-state index is 12.8. The zero-order valence-electron chi connectivity index (χ0n) is 17.3. The third kappa shape index (κ3) is 3.85. The van der Waals surface area contributed by atoms with E-state index in [2.05, 4.69) is 38.0 Å². The minimum absolute atomic E-state index is 0.268. The highest BCUT2D eigenvalue weighted by Gasteiger charge is 2.30. The van der Waals surface area contributed by atoms with Crippen molar-refractivity contribution >= 4 is 5.91 Å².